The summed E-state index contributed by atoms with van der Waals surface area (Å²) in [6.07, 6.45) is 1.99. The van der Waals surface area contributed by atoms with E-state index in [2.05, 4.69) is 13.8 Å². The number of hydrogen-bond acceptors (Lipinski definition) is 7. The van der Waals surface area contributed by atoms with Crippen LogP contribution in [0.4, 0.5) is 0 Å². The molecule has 4 aliphatic carbocycles. The summed E-state index contributed by atoms with van der Waals surface area (Å²) in [5.74, 6) is -0.664. The summed E-state index contributed by atoms with van der Waals surface area (Å²) in [6, 6.07) is 0. The quantitative estimate of drug-likeness (QED) is 0.302. The van der Waals surface area contributed by atoms with E-state index in [1.54, 1.807) is 13.0 Å². The van der Waals surface area contributed by atoms with Crippen molar-refractivity contribution >= 4 is 5.78 Å². The minimum atomic E-state index is -1.45. The van der Waals surface area contributed by atoms with Gasteiger partial charge in [-0.1, -0.05) is 34.6 Å². The maximum Gasteiger partial charge on any atom is 0.159 e. The third-order valence-corrected chi connectivity index (χ3v) is 11.9. The molecule has 0 bridgehead atoms. The molecule has 0 amide bonds. The van der Waals surface area contributed by atoms with Gasteiger partial charge in [0.1, 0.15) is 0 Å². The molecule has 12 unspecified atom stereocenters. The average molecular weight is 523 g/mol. The third-order valence-electron chi connectivity index (χ3n) is 11.9. The lowest BCUT2D eigenvalue weighted by Gasteiger charge is -2.60. The van der Waals surface area contributed by atoms with Crippen molar-refractivity contribution in [3.63, 3.8) is 0 Å². The molecule has 7 nitrogen and oxygen atoms in total. The van der Waals surface area contributed by atoms with Crippen LogP contribution in [0, 0.1) is 46.3 Å². The van der Waals surface area contributed by atoms with E-state index in [4.69, 9.17) is 0 Å². The van der Waals surface area contributed by atoms with Gasteiger partial charge in [0.2, 0.25) is 0 Å². The van der Waals surface area contributed by atoms with Crippen molar-refractivity contribution in [1.82, 2.24) is 0 Å². The van der Waals surface area contributed by atoms with Crippen LogP contribution in [0.5, 0.6) is 0 Å². The van der Waals surface area contributed by atoms with Gasteiger partial charge in [-0.25, -0.2) is 0 Å². The predicted octanol–water partition coefficient (Wildman–Crippen LogP) is 2.59. The summed E-state index contributed by atoms with van der Waals surface area (Å²) < 4.78 is 0. The Hall–Kier alpha value is -0.830. The first-order valence-corrected chi connectivity index (χ1v) is 14.4. The first kappa shape index (κ1) is 29.2. The second-order valence-electron chi connectivity index (χ2n) is 14.1. The molecule has 0 heterocycles. The molecule has 0 radical (unpaired) electrons. The summed E-state index contributed by atoms with van der Waals surface area (Å²) >= 11 is 0. The number of hydrogen-bond donors (Lipinski definition) is 6. The zero-order valence-electron chi connectivity index (χ0n) is 23.5. The van der Waals surface area contributed by atoms with Crippen LogP contribution < -0.4 is 0 Å². The van der Waals surface area contributed by atoms with Gasteiger partial charge in [0, 0.05) is 17.9 Å². The Kier molecular flexibility index (Phi) is 7.62. The molecule has 6 N–H and O–H groups in total. The molecular weight excluding hydrogens is 472 g/mol. The molecule has 3 fully saturated rings. The molecule has 37 heavy (non-hydrogen) atoms. The largest absolute Gasteiger partial charge is 0.396 e. The minimum absolute atomic E-state index is 0.00607. The topological polar surface area (TPSA) is 138 Å². The van der Waals surface area contributed by atoms with Gasteiger partial charge in [0.15, 0.2) is 5.78 Å². The number of carbonyl (C=O) groups excluding carboxylic acids is 1. The Labute approximate surface area is 222 Å². The van der Waals surface area contributed by atoms with Crippen LogP contribution in [0.2, 0.25) is 0 Å². The molecule has 0 aromatic rings. The van der Waals surface area contributed by atoms with E-state index in [0.29, 0.717) is 38.5 Å². The number of aliphatic hydroxyl groups excluding tert-OH is 4. The number of allylic oxidation sites excluding steroid dienone is 1. The molecule has 0 saturated heterocycles. The monoisotopic (exact) mass is 522 g/mol. The van der Waals surface area contributed by atoms with Crippen LogP contribution in [0.25, 0.3) is 0 Å². The zero-order chi connectivity index (χ0) is 27.7. The van der Waals surface area contributed by atoms with Crippen molar-refractivity contribution in [3.8, 4) is 0 Å². The number of fused-ring (bicyclic) bond motifs is 5. The van der Waals surface area contributed by atoms with Gasteiger partial charge in [0.05, 0.1) is 29.5 Å². The summed E-state index contributed by atoms with van der Waals surface area (Å²) in [6.45, 7) is 11.8. The second-order valence-corrected chi connectivity index (χ2v) is 14.1. The average Bonchev–Trinajstić information content (AvgIpc) is 3.10. The first-order valence-electron chi connectivity index (χ1n) is 14.4. The fourth-order valence-electron chi connectivity index (χ4n) is 9.33. The van der Waals surface area contributed by atoms with Crippen LogP contribution in [0.15, 0.2) is 11.6 Å². The molecule has 0 spiro atoms. The highest BCUT2D eigenvalue weighted by Crippen LogP contribution is 2.68. The minimum Gasteiger partial charge on any atom is -0.396 e. The fourth-order valence-corrected chi connectivity index (χ4v) is 9.33. The summed E-state index contributed by atoms with van der Waals surface area (Å²) in [4.78, 5) is 13.3. The van der Waals surface area contributed by atoms with E-state index >= 15 is 0 Å². The Balaban J connectivity index is 1.65. The van der Waals surface area contributed by atoms with Crippen LogP contribution in [0.1, 0.15) is 86.5 Å². The lowest BCUT2D eigenvalue weighted by atomic mass is 9.45. The van der Waals surface area contributed by atoms with E-state index in [1.165, 1.54) is 0 Å². The standard InChI is InChI=1S/C30H50O7/c1-16(2)18(17(3)15-31)11-26(35)29(6,36)25-8-10-30(37)20-12-22(32)21-13-23(33)24(34)14-27(21,4)19(20)7-9-28(25,30)5/h12,16-19,21,23-26,31,33-37H,7-11,13-15H2,1-6H3. The Bertz CT molecular complexity index is 914. The first-order chi connectivity index (χ1) is 17.0. The zero-order valence-corrected chi connectivity index (χ0v) is 23.5. The number of carbonyl (C=O) groups is 1. The molecule has 0 aromatic heterocycles. The van der Waals surface area contributed by atoms with Gasteiger partial charge in [-0.15, -0.1) is 0 Å². The van der Waals surface area contributed by atoms with Gasteiger partial charge < -0.3 is 30.6 Å². The van der Waals surface area contributed by atoms with Gasteiger partial charge in [0.25, 0.3) is 0 Å². The molecule has 0 aromatic carbocycles. The molecule has 3 saturated carbocycles. The van der Waals surface area contributed by atoms with Crippen molar-refractivity contribution in [2.75, 3.05) is 6.61 Å². The second kappa shape index (κ2) is 9.67. The van der Waals surface area contributed by atoms with E-state index in [-0.39, 0.29) is 54.3 Å². The van der Waals surface area contributed by atoms with Gasteiger partial charge in [-0.3, -0.25) is 4.79 Å². The maximum atomic E-state index is 13.3. The van der Waals surface area contributed by atoms with Crippen molar-refractivity contribution in [2.24, 2.45) is 46.3 Å². The lowest BCUT2D eigenvalue weighted by Crippen LogP contribution is -2.63. The molecule has 212 valence electrons. The smallest absolute Gasteiger partial charge is 0.159 e. The normalized spacial score (nSPS) is 45.8. The van der Waals surface area contributed by atoms with Crippen LogP contribution in [0.3, 0.4) is 0 Å². The lowest BCUT2D eigenvalue weighted by molar-refractivity contribution is -0.178. The molecule has 4 aliphatic rings. The van der Waals surface area contributed by atoms with E-state index in [9.17, 15) is 35.4 Å². The third kappa shape index (κ3) is 4.27. The van der Waals surface area contributed by atoms with Gasteiger partial charge >= 0.3 is 0 Å². The van der Waals surface area contributed by atoms with Crippen molar-refractivity contribution < 1.29 is 35.4 Å². The molecule has 0 aliphatic heterocycles. The van der Waals surface area contributed by atoms with E-state index in [1.807, 2.05) is 20.8 Å². The summed E-state index contributed by atoms with van der Waals surface area (Å²) in [5.41, 5.74) is -3.29. The predicted molar refractivity (Wildman–Crippen MR) is 140 cm³/mol. The molecule has 12 atom stereocenters. The molecular formula is C30H50O7. The highest BCUT2D eigenvalue weighted by molar-refractivity contribution is 5.95. The fraction of sp³-hybridized carbons (Fsp3) is 0.900. The van der Waals surface area contributed by atoms with Crippen molar-refractivity contribution in [3.05, 3.63) is 11.6 Å². The summed E-state index contributed by atoms with van der Waals surface area (Å²) in [5, 5.41) is 66.1. The molecule has 7 heteroatoms. The maximum absolute atomic E-state index is 13.3. The number of rotatable bonds is 7. The number of aliphatic hydroxyl groups is 6. The Morgan fingerprint density at radius 3 is 2.32 bits per heavy atom. The molecule has 4 rings (SSSR count). The van der Waals surface area contributed by atoms with Crippen LogP contribution in [-0.2, 0) is 4.79 Å². The highest BCUT2D eigenvalue weighted by atomic mass is 16.3. The highest BCUT2D eigenvalue weighted by Gasteiger charge is 2.69. The Morgan fingerprint density at radius 2 is 1.73 bits per heavy atom. The SMILES string of the molecule is CC(C)C(CC(O)C(C)(O)C1CCC2(O)C3=CC(=O)C4CC(O)C(O)CC4(C)C3CCC12C)C(C)CO. The van der Waals surface area contributed by atoms with Crippen LogP contribution in [-0.4, -0.2) is 72.5 Å². The summed E-state index contributed by atoms with van der Waals surface area (Å²) in [7, 11) is 0. The van der Waals surface area contributed by atoms with Gasteiger partial charge in [-0.2, -0.15) is 0 Å². The van der Waals surface area contributed by atoms with Crippen molar-refractivity contribution in [1.29, 1.82) is 0 Å². The van der Waals surface area contributed by atoms with E-state index in [0.717, 1.165) is 5.57 Å². The van der Waals surface area contributed by atoms with Gasteiger partial charge in [-0.05, 0) is 98.5 Å². The van der Waals surface area contributed by atoms with Crippen molar-refractivity contribution in [2.45, 2.75) is 116 Å². The van der Waals surface area contributed by atoms with Crippen LogP contribution >= 0.6 is 0 Å². The van der Waals surface area contributed by atoms with E-state index < -0.39 is 40.3 Å². The Morgan fingerprint density at radius 1 is 1.08 bits per heavy atom. The number of ketones is 1.